The number of morpholine rings is 1. The average molecular weight is 454 g/mol. The Morgan fingerprint density at radius 3 is 2.66 bits per heavy atom. The lowest BCUT2D eigenvalue weighted by Crippen LogP contribution is -2.39. The molecule has 6 nitrogen and oxygen atoms in total. The Morgan fingerprint density at radius 1 is 1.19 bits per heavy atom. The van der Waals surface area contributed by atoms with Crippen LogP contribution in [-0.2, 0) is 4.74 Å². The van der Waals surface area contributed by atoms with Gasteiger partial charge in [0, 0.05) is 31.7 Å². The van der Waals surface area contributed by atoms with Gasteiger partial charge in [0.25, 0.3) is 5.91 Å². The summed E-state index contributed by atoms with van der Waals surface area (Å²) in [4.78, 5) is 22.7. The second kappa shape index (κ2) is 10.4. The van der Waals surface area contributed by atoms with Gasteiger partial charge in [0.05, 0.1) is 24.5 Å². The van der Waals surface area contributed by atoms with Crippen molar-refractivity contribution < 1.29 is 14.3 Å². The molecule has 0 unspecified atom stereocenters. The van der Waals surface area contributed by atoms with E-state index < -0.39 is 0 Å². The number of amides is 1. The summed E-state index contributed by atoms with van der Waals surface area (Å²) < 4.78 is 12.3. The van der Waals surface area contributed by atoms with E-state index in [1.807, 2.05) is 56.0 Å². The molecule has 1 saturated heterocycles. The summed E-state index contributed by atoms with van der Waals surface area (Å²) in [5.74, 6) is 0.760. The second-order valence-corrected chi connectivity index (χ2v) is 9.18. The number of fused-ring (bicyclic) bond motifs is 1. The number of anilines is 1. The molecule has 2 heterocycles. The van der Waals surface area contributed by atoms with Crippen LogP contribution in [0.2, 0.25) is 0 Å². The summed E-state index contributed by atoms with van der Waals surface area (Å²) in [5, 5.41) is 0.721. The molecule has 0 spiro atoms. The maximum Gasteiger partial charge on any atom is 0.260 e. The number of hydrogen-bond acceptors (Lipinski definition) is 6. The molecule has 1 aliphatic heterocycles. The molecular weight excluding hydrogens is 422 g/mol. The molecule has 0 atom stereocenters. The standard InChI is InChI=1S/C25H31N3O3S/c1-4-31-21-7-5-8-22-23(21)26-25(32-22)28(10-6-9-27-11-13-30-14-12-27)24(29)20-16-18(2)15-19(3)17-20/h5,7-8,15-17H,4,6,9-14H2,1-3H3. The molecule has 0 saturated carbocycles. The lowest BCUT2D eigenvalue weighted by Gasteiger charge is -2.27. The average Bonchev–Trinajstić information content (AvgIpc) is 3.21. The largest absolute Gasteiger partial charge is 0.492 e. The number of aryl methyl sites for hydroxylation is 2. The zero-order chi connectivity index (χ0) is 22.5. The van der Waals surface area contributed by atoms with Gasteiger partial charge in [0.1, 0.15) is 11.3 Å². The van der Waals surface area contributed by atoms with Crippen LogP contribution in [0.3, 0.4) is 0 Å². The molecule has 3 aromatic rings. The van der Waals surface area contributed by atoms with E-state index in [9.17, 15) is 4.79 Å². The normalized spacial score (nSPS) is 14.6. The Labute approximate surface area is 193 Å². The van der Waals surface area contributed by atoms with E-state index in [2.05, 4.69) is 11.0 Å². The van der Waals surface area contributed by atoms with Crippen molar-refractivity contribution in [3.05, 3.63) is 53.1 Å². The van der Waals surface area contributed by atoms with Gasteiger partial charge in [0.15, 0.2) is 5.13 Å². The lowest BCUT2D eigenvalue weighted by molar-refractivity contribution is 0.0376. The molecule has 1 amide bonds. The molecule has 2 aromatic carbocycles. The number of carbonyl (C=O) groups excluding carboxylic acids is 1. The summed E-state index contributed by atoms with van der Waals surface area (Å²) >= 11 is 1.54. The molecule has 1 aromatic heterocycles. The smallest absolute Gasteiger partial charge is 0.260 e. The molecule has 0 aliphatic carbocycles. The molecule has 7 heteroatoms. The van der Waals surface area contributed by atoms with Gasteiger partial charge < -0.3 is 9.47 Å². The van der Waals surface area contributed by atoms with Crippen LogP contribution in [0.5, 0.6) is 5.75 Å². The van der Waals surface area contributed by atoms with Gasteiger partial charge >= 0.3 is 0 Å². The van der Waals surface area contributed by atoms with E-state index in [0.29, 0.717) is 18.7 Å². The lowest BCUT2D eigenvalue weighted by atomic mass is 10.1. The Hall–Kier alpha value is -2.48. The Morgan fingerprint density at radius 2 is 1.94 bits per heavy atom. The quantitative estimate of drug-likeness (QED) is 0.496. The number of benzene rings is 2. The topological polar surface area (TPSA) is 54.9 Å². The molecule has 32 heavy (non-hydrogen) atoms. The highest BCUT2D eigenvalue weighted by Gasteiger charge is 2.23. The van der Waals surface area contributed by atoms with Gasteiger partial charge in [-0.2, -0.15) is 0 Å². The first-order valence-electron chi connectivity index (χ1n) is 11.3. The van der Waals surface area contributed by atoms with E-state index in [4.69, 9.17) is 14.5 Å². The highest BCUT2D eigenvalue weighted by atomic mass is 32.1. The summed E-state index contributed by atoms with van der Waals surface area (Å²) in [6.45, 7) is 11.6. The van der Waals surface area contributed by atoms with E-state index in [1.165, 1.54) is 0 Å². The van der Waals surface area contributed by atoms with Crippen LogP contribution >= 0.6 is 11.3 Å². The minimum atomic E-state index is -0.00389. The third kappa shape index (κ3) is 5.28. The van der Waals surface area contributed by atoms with Gasteiger partial charge in [-0.25, -0.2) is 4.98 Å². The monoisotopic (exact) mass is 453 g/mol. The molecule has 0 bridgehead atoms. The van der Waals surface area contributed by atoms with Crippen molar-refractivity contribution in [3.63, 3.8) is 0 Å². The number of rotatable bonds is 8. The van der Waals surface area contributed by atoms with E-state index in [0.717, 1.165) is 71.5 Å². The maximum absolute atomic E-state index is 13.6. The fourth-order valence-corrected chi connectivity index (χ4v) is 5.12. The van der Waals surface area contributed by atoms with Crippen LogP contribution in [-0.4, -0.2) is 61.8 Å². The third-order valence-corrected chi connectivity index (χ3v) is 6.62. The van der Waals surface area contributed by atoms with Crippen molar-refractivity contribution in [1.82, 2.24) is 9.88 Å². The SMILES string of the molecule is CCOc1cccc2sc(N(CCCN3CCOCC3)C(=O)c3cc(C)cc(C)c3)nc12. The number of nitrogens with zero attached hydrogens (tertiary/aromatic N) is 3. The fraction of sp³-hybridized carbons (Fsp3) is 0.440. The number of para-hydroxylation sites is 1. The summed E-state index contributed by atoms with van der Waals surface area (Å²) in [7, 11) is 0. The summed E-state index contributed by atoms with van der Waals surface area (Å²) in [5.41, 5.74) is 3.70. The van der Waals surface area contributed by atoms with Crippen molar-refractivity contribution in [1.29, 1.82) is 0 Å². The first kappa shape index (κ1) is 22.7. The summed E-state index contributed by atoms with van der Waals surface area (Å²) in [6, 6.07) is 12.0. The van der Waals surface area contributed by atoms with Crippen LogP contribution < -0.4 is 9.64 Å². The van der Waals surface area contributed by atoms with Gasteiger partial charge in [0.2, 0.25) is 0 Å². The Kier molecular flexibility index (Phi) is 7.40. The third-order valence-electron chi connectivity index (χ3n) is 5.57. The first-order chi connectivity index (χ1) is 15.5. The van der Waals surface area contributed by atoms with E-state index in [1.54, 1.807) is 11.3 Å². The zero-order valence-corrected chi connectivity index (χ0v) is 19.9. The van der Waals surface area contributed by atoms with Crippen molar-refractivity contribution in [2.75, 3.05) is 50.9 Å². The minimum absolute atomic E-state index is 0.00389. The zero-order valence-electron chi connectivity index (χ0n) is 19.1. The number of thiazole rings is 1. The number of ether oxygens (including phenoxy) is 2. The Bertz CT molecular complexity index is 1060. The highest BCUT2D eigenvalue weighted by molar-refractivity contribution is 7.22. The number of carbonyl (C=O) groups is 1. The van der Waals surface area contributed by atoms with Crippen LogP contribution in [0.4, 0.5) is 5.13 Å². The number of aromatic nitrogens is 1. The van der Waals surface area contributed by atoms with Crippen LogP contribution in [0.15, 0.2) is 36.4 Å². The van der Waals surface area contributed by atoms with E-state index in [-0.39, 0.29) is 5.91 Å². The van der Waals surface area contributed by atoms with Crippen LogP contribution in [0.1, 0.15) is 34.8 Å². The molecule has 1 aliphatic rings. The highest BCUT2D eigenvalue weighted by Crippen LogP contribution is 2.35. The predicted octanol–water partition coefficient (Wildman–Crippen LogP) is 4.68. The molecular formula is C25H31N3O3S. The van der Waals surface area contributed by atoms with Crippen molar-refractivity contribution >= 4 is 32.6 Å². The van der Waals surface area contributed by atoms with Crippen molar-refractivity contribution in [3.8, 4) is 5.75 Å². The molecule has 170 valence electrons. The maximum atomic E-state index is 13.6. The molecule has 0 radical (unpaired) electrons. The van der Waals surface area contributed by atoms with Gasteiger partial charge in [-0.15, -0.1) is 0 Å². The van der Waals surface area contributed by atoms with Crippen LogP contribution in [0.25, 0.3) is 10.2 Å². The molecule has 4 rings (SSSR count). The predicted molar refractivity (Wildman–Crippen MR) is 130 cm³/mol. The van der Waals surface area contributed by atoms with Gasteiger partial charge in [-0.05, 0) is 51.5 Å². The van der Waals surface area contributed by atoms with E-state index >= 15 is 0 Å². The van der Waals surface area contributed by atoms with Crippen LogP contribution in [0, 0.1) is 13.8 Å². The molecule has 0 N–H and O–H groups in total. The number of hydrogen-bond donors (Lipinski definition) is 0. The fourth-order valence-electron chi connectivity index (χ4n) is 4.11. The minimum Gasteiger partial charge on any atom is -0.492 e. The summed E-state index contributed by atoms with van der Waals surface area (Å²) in [6.07, 6.45) is 0.880. The van der Waals surface area contributed by atoms with Crippen molar-refractivity contribution in [2.45, 2.75) is 27.2 Å². The first-order valence-corrected chi connectivity index (χ1v) is 12.1. The van der Waals surface area contributed by atoms with Gasteiger partial charge in [-0.3, -0.25) is 14.6 Å². The second-order valence-electron chi connectivity index (χ2n) is 8.17. The Balaban J connectivity index is 1.62. The molecule has 1 fully saturated rings. The van der Waals surface area contributed by atoms with Gasteiger partial charge in [-0.1, -0.05) is 34.6 Å². The van der Waals surface area contributed by atoms with Crippen molar-refractivity contribution in [2.24, 2.45) is 0 Å².